The van der Waals surface area contributed by atoms with Crippen LogP contribution in [0.5, 0.6) is 0 Å². The second-order valence-electron chi connectivity index (χ2n) is 3.18. The maximum absolute atomic E-state index is 5.57. The van der Waals surface area contributed by atoms with E-state index in [1.165, 1.54) is 0 Å². The zero-order valence-electron chi connectivity index (χ0n) is 5.35. The summed E-state index contributed by atoms with van der Waals surface area (Å²) in [7, 11) is 0. The quantitative estimate of drug-likeness (QED) is 0.507. The van der Waals surface area contributed by atoms with Crippen molar-refractivity contribution in [1.82, 2.24) is 0 Å². The average Bonchev–Trinajstić information content (AvgIpc) is 1.63. The maximum Gasteiger partial charge on any atom is 0.00501 e. The molecule has 1 aliphatic carbocycles. The lowest BCUT2D eigenvalue weighted by molar-refractivity contribution is 0.140. The van der Waals surface area contributed by atoms with Gasteiger partial charge in [0.2, 0.25) is 0 Å². The molecule has 0 aliphatic heterocycles. The highest BCUT2D eigenvalue weighted by atomic mass is 14.7. The Hall–Kier alpha value is -0.0800. The summed E-state index contributed by atoms with van der Waals surface area (Å²) < 4.78 is 0. The first-order valence-corrected chi connectivity index (χ1v) is 3.12. The molecule has 2 heteroatoms. The molecule has 0 unspecified atom stereocenters. The molecule has 8 heavy (non-hydrogen) atoms. The minimum Gasteiger partial charge on any atom is -0.330 e. The summed E-state index contributed by atoms with van der Waals surface area (Å²) in [5.74, 6) is 0. The van der Waals surface area contributed by atoms with Crippen LogP contribution in [0.2, 0.25) is 0 Å². The summed E-state index contributed by atoms with van der Waals surface area (Å²) in [4.78, 5) is 0. The molecule has 1 rings (SSSR count). The van der Waals surface area contributed by atoms with Gasteiger partial charge in [-0.05, 0) is 24.8 Å². The van der Waals surface area contributed by atoms with Gasteiger partial charge in [-0.15, -0.1) is 0 Å². The Morgan fingerprint density at radius 3 is 2.25 bits per heavy atom. The minimum absolute atomic E-state index is 0.388. The molecule has 0 heterocycles. The predicted octanol–water partition coefficient (Wildman–Crippen LogP) is 0.0725. The van der Waals surface area contributed by atoms with E-state index in [2.05, 4.69) is 6.92 Å². The van der Waals surface area contributed by atoms with Crippen LogP contribution < -0.4 is 11.5 Å². The molecule has 0 spiro atoms. The molecule has 0 radical (unpaired) electrons. The van der Waals surface area contributed by atoms with Gasteiger partial charge in [0.15, 0.2) is 0 Å². The monoisotopic (exact) mass is 114 g/mol. The van der Waals surface area contributed by atoms with Gasteiger partial charge < -0.3 is 11.5 Å². The van der Waals surface area contributed by atoms with Crippen molar-refractivity contribution < 1.29 is 0 Å². The van der Waals surface area contributed by atoms with E-state index in [0.717, 1.165) is 19.4 Å². The molecule has 1 aliphatic rings. The Bertz CT molecular complexity index is 84.5. The average molecular weight is 114 g/mol. The zero-order valence-corrected chi connectivity index (χ0v) is 5.35. The topological polar surface area (TPSA) is 52.0 Å². The lowest BCUT2D eigenvalue weighted by Crippen LogP contribution is -2.48. The van der Waals surface area contributed by atoms with Crippen LogP contribution in [-0.2, 0) is 0 Å². The van der Waals surface area contributed by atoms with E-state index >= 15 is 0 Å². The molecule has 0 aromatic carbocycles. The maximum atomic E-state index is 5.57. The first-order chi connectivity index (χ1) is 3.66. The zero-order chi connectivity index (χ0) is 6.20. The van der Waals surface area contributed by atoms with Crippen molar-refractivity contribution in [3.8, 4) is 0 Å². The van der Waals surface area contributed by atoms with E-state index in [9.17, 15) is 0 Å². The summed E-state index contributed by atoms with van der Waals surface area (Å²) in [5.41, 5.74) is 11.4. The van der Waals surface area contributed by atoms with Crippen molar-refractivity contribution in [3.63, 3.8) is 0 Å². The summed E-state index contributed by atoms with van der Waals surface area (Å²) in [6.45, 7) is 2.98. The van der Waals surface area contributed by atoms with Gasteiger partial charge in [-0.2, -0.15) is 0 Å². The Labute approximate surface area is 50.2 Å². The normalized spacial score (nSPS) is 46.1. The predicted molar refractivity (Wildman–Crippen MR) is 34.4 cm³/mol. The number of hydrogen-bond donors (Lipinski definition) is 2. The smallest absolute Gasteiger partial charge is 0.00501 e. The van der Waals surface area contributed by atoms with E-state index in [0.29, 0.717) is 11.5 Å². The van der Waals surface area contributed by atoms with Crippen LogP contribution in [-0.4, -0.2) is 12.6 Å². The summed E-state index contributed by atoms with van der Waals surface area (Å²) >= 11 is 0. The van der Waals surface area contributed by atoms with E-state index in [1.54, 1.807) is 0 Å². The lowest BCUT2D eigenvalue weighted by atomic mass is 9.67. The van der Waals surface area contributed by atoms with E-state index < -0.39 is 0 Å². The summed E-state index contributed by atoms with van der Waals surface area (Å²) in [6.07, 6.45) is 2.23. The second-order valence-corrected chi connectivity index (χ2v) is 3.18. The standard InChI is InChI=1S/C6H14N2/c1-6(4-7)2-5(8)3-6/h5H,2-4,7-8H2,1H3. The van der Waals surface area contributed by atoms with Crippen LogP contribution in [0, 0.1) is 5.41 Å². The van der Waals surface area contributed by atoms with E-state index in [1.807, 2.05) is 0 Å². The molecule has 0 bridgehead atoms. The highest BCUT2D eigenvalue weighted by molar-refractivity contribution is 4.93. The molecule has 1 saturated carbocycles. The third-order valence-electron chi connectivity index (χ3n) is 2.00. The summed E-state index contributed by atoms with van der Waals surface area (Å²) in [6, 6.07) is 0.434. The highest BCUT2D eigenvalue weighted by Crippen LogP contribution is 2.37. The first kappa shape index (κ1) is 6.05. The fourth-order valence-corrected chi connectivity index (χ4v) is 1.37. The van der Waals surface area contributed by atoms with Crippen molar-refractivity contribution in [2.45, 2.75) is 25.8 Å². The molecule has 4 N–H and O–H groups in total. The Kier molecular flexibility index (Phi) is 1.29. The molecular formula is C6H14N2. The Balaban J connectivity index is 2.30. The molecule has 2 nitrogen and oxygen atoms in total. The van der Waals surface area contributed by atoms with Gasteiger partial charge in [-0.1, -0.05) is 6.92 Å². The third kappa shape index (κ3) is 0.858. The van der Waals surface area contributed by atoms with Crippen LogP contribution in [0.25, 0.3) is 0 Å². The van der Waals surface area contributed by atoms with Crippen molar-refractivity contribution >= 4 is 0 Å². The summed E-state index contributed by atoms with van der Waals surface area (Å²) in [5, 5.41) is 0. The number of nitrogens with two attached hydrogens (primary N) is 2. The Morgan fingerprint density at radius 1 is 1.62 bits per heavy atom. The van der Waals surface area contributed by atoms with E-state index in [-0.39, 0.29) is 0 Å². The fourth-order valence-electron chi connectivity index (χ4n) is 1.37. The van der Waals surface area contributed by atoms with Crippen molar-refractivity contribution in [2.75, 3.05) is 6.54 Å². The molecule has 0 amide bonds. The first-order valence-electron chi connectivity index (χ1n) is 3.12. The SMILES string of the molecule is CC1(CN)CC(N)C1. The van der Waals surface area contributed by atoms with Gasteiger partial charge >= 0.3 is 0 Å². The van der Waals surface area contributed by atoms with Crippen molar-refractivity contribution in [3.05, 3.63) is 0 Å². The highest BCUT2D eigenvalue weighted by Gasteiger charge is 2.36. The number of hydrogen-bond acceptors (Lipinski definition) is 2. The van der Waals surface area contributed by atoms with Gasteiger partial charge in [-0.3, -0.25) is 0 Å². The van der Waals surface area contributed by atoms with Crippen LogP contribution in [0.4, 0.5) is 0 Å². The lowest BCUT2D eigenvalue weighted by Gasteiger charge is -2.42. The molecule has 0 aromatic rings. The second kappa shape index (κ2) is 1.71. The number of rotatable bonds is 1. The van der Waals surface area contributed by atoms with Crippen LogP contribution in [0.3, 0.4) is 0 Å². The largest absolute Gasteiger partial charge is 0.330 e. The van der Waals surface area contributed by atoms with Gasteiger partial charge in [-0.25, -0.2) is 0 Å². The van der Waals surface area contributed by atoms with Crippen LogP contribution in [0.1, 0.15) is 19.8 Å². The molecule has 1 fully saturated rings. The van der Waals surface area contributed by atoms with Gasteiger partial charge in [0.1, 0.15) is 0 Å². The fraction of sp³-hybridized carbons (Fsp3) is 1.00. The van der Waals surface area contributed by atoms with Gasteiger partial charge in [0, 0.05) is 6.04 Å². The third-order valence-corrected chi connectivity index (χ3v) is 2.00. The van der Waals surface area contributed by atoms with E-state index in [4.69, 9.17) is 11.5 Å². The van der Waals surface area contributed by atoms with Gasteiger partial charge in [0.25, 0.3) is 0 Å². The molecule has 0 saturated heterocycles. The molecule has 0 atom stereocenters. The molecular weight excluding hydrogens is 100 g/mol. The molecule has 0 aromatic heterocycles. The molecule has 48 valence electrons. The van der Waals surface area contributed by atoms with Crippen molar-refractivity contribution in [1.29, 1.82) is 0 Å². The minimum atomic E-state index is 0.388. The van der Waals surface area contributed by atoms with Crippen LogP contribution >= 0.6 is 0 Å². The Morgan fingerprint density at radius 2 is 2.12 bits per heavy atom. The van der Waals surface area contributed by atoms with Gasteiger partial charge in [0.05, 0.1) is 0 Å². The van der Waals surface area contributed by atoms with Crippen LogP contribution in [0.15, 0.2) is 0 Å². The van der Waals surface area contributed by atoms with Crippen molar-refractivity contribution in [2.24, 2.45) is 16.9 Å².